The van der Waals surface area contributed by atoms with Crippen molar-refractivity contribution in [2.45, 2.75) is 44.6 Å². The Balaban J connectivity index is 1.58. The number of carbonyl (C=O) groups excluding carboxylic acids is 2. The third kappa shape index (κ3) is 4.74. The lowest BCUT2D eigenvalue weighted by atomic mass is 9.66. The van der Waals surface area contributed by atoms with Gasteiger partial charge < -0.3 is 14.5 Å². The van der Waals surface area contributed by atoms with Crippen LogP contribution in [0.4, 0.5) is 0 Å². The third-order valence-corrected chi connectivity index (χ3v) is 6.78. The number of rotatable bonds is 5. The van der Waals surface area contributed by atoms with E-state index in [1.54, 1.807) is 12.0 Å². The smallest absolute Gasteiger partial charge is 0.239 e. The van der Waals surface area contributed by atoms with E-state index in [9.17, 15) is 9.59 Å². The number of hydrogen-bond donors (Lipinski definition) is 0. The van der Waals surface area contributed by atoms with Gasteiger partial charge in [-0.05, 0) is 68.8 Å². The van der Waals surface area contributed by atoms with Gasteiger partial charge in [0.15, 0.2) is 0 Å². The predicted molar refractivity (Wildman–Crippen MR) is 114 cm³/mol. The highest BCUT2D eigenvalue weighted by Crippen LogP contribution is 2.44. The number of piperidine rings is 2. The molecular weight excluding hydrogens is 366 g/mol. The van der Waals surface area contributed by atoms with Gasteiger partial charge in [0.2, 0.25) is 11.8 Å². The molecule has 0 bridgehead atoms. The molecule has 3 rings (SSSR count). The van der Waals surface area contributed by atoms with Crippen molar-refractivity contribution in [1.82, 2.24) is 14.7 Å². The zero-order chi connectivity index (χ0) is 21.0. The Labute approximate surface area is 174 Å². The monoisotopic (exact) mass is 401 g/mol. The van der Waals surface area contributed by atoms with Crippen LogP contribution in [0.1, 0.15) is 37.7 Å². The van der Waals surface area contributed by atoms with Crippen molar-refractivity contribution >= 4 is 11.8 Å². The summed E-state index contributed by atoms with van der Waals surface area (Å²) in [7, 11) is 7.41. The minimum Gasteiger partial charge on any atom is -0.497 e. The maximum atomic E-state index is 12.9. The summed E-state index contributed by atoms with van der Waals surface area (Å²) in [4.78, 5) is 31.6. The first-order valence-corrected chi connectivity index (χ1v) is 10.7. The van der Waals surface area contributed by atoms with Crippen LogP contribution < -0.4 is 4.74 Å². The first-order chi connectivity index (χ1) is 13.9. The minimum atomic E-state index is -0.0669. The fourth-order valence-corrected chi connectivity index (χ4v) is 5.04. The summed E-state index contributed by atoms with van der Waals surface area (Å²) >= 11 is 0. The molecule has 2 amide bonds. The van der Waals surface area contributed by atoms with Crippen molar-refractivity contribution in [3.8, 4) is 5.75 Å². The fourth-order valence-electron chi connectivity index (χ4n) is 5.04. The van der Waals surface area contributed by atoms with E-state index in [4.69, 9.17) is 4.74 Å². The Morgan fingerprint density at radius 1 is 1.10 bits per heavy atom. The molecule has 0 radical (unpaired) electrons. The molecule has 29 heavy (non-hydrogen) atoms. The number of aryl methyl sites for hydroxylation is 1. The number of likely N-dealkylation sites (tertiary alicyclic amines) is 2. The van der Waals surface area contributed by atoms with Crippen molar-refractivity contribution in [3.05, 3.63) is 29.8 Å². The Hall–Kier alpha value is -2.08. The molecule has 2 fully saturated rings. The van der Waals surface area contributed by atoms with E-state index in [2.05, 4.69) is 11.9 Å². The van der Waals surface area contributed by atoms with Crippen LogP contribution in [-0.4, -0.2) is 80.4 Å². The van der Waals surface area contributed by atoms with Gasteiger partial charge in [-0.15, -0.1) is 0 Å². The Bertz CT molecular complexity index is 709. The Morgan fingerprint density at radius 3 is 2.34 bits per heavy atom. The van der Waals surface area contributed by atoms with Gasteiger partial charge in [-0.25, -0.2) is 0 Å². The summed E-state index contributed by atoms with van der Waals surface area (Å²) in [5, 5.41) is 0. The molecule has 2 saturated heterocycles. The lowest BCUT2D eigenvalue weighted by molar-refractivity contribution is -0.146. The molecule has 2 aliphatic rings. The van der Waals surface area contributed by atoms with Crippen molar-refractivity contribution < 1.29 is 14.3 Å². The standard InChI is InChI=1S/C23H35N3O3/c1-24(2)22(28)21-23(12-5-15-25(21)3)13-16-26(17-14-23)20(27)11-8-18-6-9-19(29-4)10-7-18/h6-7,9-10,21H,5,8,11-17H2,1-4H3. The quantitative estimate of drug-likeness (QED) is 0.760. The highest BCUT2D eigenvalue weighted by molar-refractivity contribution is 5.82. The van der Waals surface area contributed by atoms with Crippen LogP contribution in [0.3, 0.4) is 0 Å². The summed E-state index contributed by atoms with van der Waals surface area (Å²) in [6.07, 6.45) is 5.30. The number of carbonyl (C=O) groups is 2. The number of likely N-dealkylation sites (N-methyl/N-ethyl adjacent to an activating group) is 2. The molecule has 160 valence electrons. The average Bonchev–Trinajstić information content (AvgIpc) is 2.72. The maximum Gasteiger partial charge on any atom is 0.239 e. The van der Waals surface area contributed by atoms with Crippen molar-refractivity contribution in [2.24, 2.45) is 5.41 Å². The number of amides is 2. The molecule has 2 aliphatic heterocycles. The lowest BCUT2D eigenvalue weighted by Crippen LogP contribution is -2.61. The predicted octanol–water partition coefficient (Wildman–Crippen LogP) is 2.42. The van der Waals surface area contributed by atoms with Crippen LogP contribution in [-0.2, 0) is 16.0 Å². The van der Waals surface area contributed by atoms with E-state index in [-0.39, 0.29) is 23.3 Å². The number of hydrogen-bond acceptors (Lipinski definition) is 4. The SMILES string of the molecule is COc1ccc(CCC(=O)N2CCC3(CCCN(C)C3C(=O)N(C)C)CC2)cc1. The highest BCUT2D eigenvalue weighted by atomic mass is 16.5. The van der Waals surface area contributed by atoms with Gasteiger partial charge in [0.1, 0.15) is 5.75 Å². The van der Waals surface area contributed by atoms with Gasteiger partial charge in [0, 0.05) is 33.6 Å². The summed E-state index contributed by atoms with van der Waals surface area (Å²) in [6, 6.07) is 7.85. The van der Waals surface area contributed by atoms with Crippen LogP contribution in [0.15, 0.2) is 24.3 Å². The van der Waals surface area contributed by atoms with E-state index in [1.165, 1.54) is 0 Å². The van der Waals surface area contributed by atoms with E-state index in [0.29, 0.717) is 6.42 Å². The molecule has 6 nitrogen and oxygen atoms in total. The molecule has 2 heterocycles. The van der Waals surface area contributed by atoms with Crippen LogP contribution >= 0.6 is 0 Å². The molecule has 6 heteroatoms. The molecule has 1 unspecified atom stereocenters. The van der Waals surface area contributed by atoms with Crippen molar-refractivity contribution in [1.29, 1.82) is 0 Å². The number of benzene rings is 1. The first kappa shape index (κ1) is 21.6. The molecule has 0 aliphatic carbocycles. The molecule has 1 aromatic rings. The first-order valence-electron chi connectivity index (χ1n) is 10.7. The lowest BCUT2D eigenvalue weighted by Gasteiger charge is -2.52. The van der Waals surface area contributed by atoms with Gasteiger partial charge in [-0.3, -0.25) is 14.5 Å². The van der Waals surface area contributed by atoms with Gasteiger partial charge in [0.05, 0.1) is 13.2 Å². The third-order valence-electron chi connectivity index (χ3n) is 6.78. The van der Waals surface area contributed by atoms with E-state index >= 15 is 0 Å². The number of nitrogens with zero attached hydrogens (tertiary/aromatic N) is 3. The number of methoxy groups -OCH3 is 1. The van der Waals surface area contributed by atoms with E-state index in [0.717, 1.165) is 63.1 Å². The fraction of sp³-hybridized carbons (Fsp3) is 0.652. The second kappa shape index (κ2) is 9.16. The Morgan fingerprint density at radius 2 is 1.76 bits per heavy atom. The molecule has 1 atom stereocenters. The molecule has 1 spiro atoms. The van der Waals surface area contributed by atoms with Crippen molar-refractivity contribution in [3.63, 3.8) is 0 Å². The molecule has 0 aromatic heterocycles. The van der Waals surface area contributed by atoms with Gasteiger partial charge in [-0.1, -0.05) is 12.1 Å². The largest absolute Gasteiger partial charge is 0.497 e. The van der Waals surface area contributed by atoms with Crippen LogP contribution in [0.5, 0.6) is 5.75 Å². The van der Waals surface area contributed by atoms with Gasteiger partial charge in [-0.2, -0.15) is 0 Å². The molecule has 0 saturated carbocycles. The zero-order valence-electron chi connectivity index (χ0n) is 18.3. The van der Waals surface area contributed by atoms with Crippen LogP contribution in [0.2, 0.25) is 0 Å². The van der Waals surface area contributed by atoms with Crippen molar-refractivity contribution in [2.75, 3.05) is 47.9 Å². The molecule has 1 aromatic carbocycles. The Kier molecular flexibility index (Phi) is 6.83. The summed E-state index contributed by atoms with van der Waals surface area (Å²) in [5.74, 6) is 1.25. The molecular formula is C23H35N3O3. The number of ether oxygens (including phenoxy) is 1. The minimum absolute atomic E-state index is 0.00111. The zero-order valence-corrected chi connectivity index (χ0v) is 18.3. The summed E-state index contributed by atoms with van der Waals surface area (Å²) in [6.45, 7) is 2.48. The van der Waals surface area contributed by atoms with E-state index in [1.807, 2.05) is 43.3 Å². The van der Waals surface area contributed by atoms with E-state index < -0.39 is 0 Å². The molecule has 0 N–H and O–H groups in total. The maximum absolute atomic E-state index is 12.9. The second-order valence-electron chi connectivity index (χ2n) is 8.81. The van der Waals surface area contributed by atoms with Crippen LogP contribution in [0.25, 0.3) is 0 Å². The summed E-state index contributed by atoms with van der Waals surface area (Å²) < 4.78 is 5.19. The second-order valence-corrected chi connectivity index (χ2v) is 8.81. The van der Waals surface area contributed by atoms with Crippen LogP contribution in [0, 0.1) is 5.41 Å². The average molecular weight is 402 g/mol. The normalized spacial score (nSPS) is 21.8. The topological polar surface area (TPSA) is 53.1 Å². The highest BCUT2D eigenvalue weighted by Gasteiger charge is 2.49. The summed E-state index contributed by atoms with van der Waals surface area (Å²) in [5.41, 5.74) is 1.15. The van der Waals surface area contributed by atoms with Gasteiger partial charge in [0.25, 0.3) is 0 Å². The van der Waals surface area contributed by atoms with Gasteiger partial charge >= 0.3 is 0 Å².